The van der Waals surface area contributed by atoms with Crippen LogP contribution in [-0.4, -0.2) is 114 Å². The summed E-state index contributed by atoms with van der Waals surface area (Å²) in [7, 11) is 0. The molecule has 6 rings (SSSR count). The molecule has 16 nitrogen and oxygen atoms in total. The van der Waals surface area contributed by atoms with Crippen molar-refractivity contribution in [2.45, 2.75) is 69.1 Å². The first kappa shape index (κ1) is 29.3. The minimum absolute atomic E-state index is 0.00782. The van der Waals surface area contributed by atoms with Gasteiger partial charge >= 0.3 is 5.97 Å². The Balaban J connectivity index is 1.05. The summed E-state index contributed by atoms with van der Waals surface area (Å²) >= 11 is 1.45. The molecule has 43 heavy (non-hydrogen) atoms. The Morgan fingerprint density at radius 2 is 1.95 bits per heavy atom. The van der Waals surface area contributed by atoms with Crippen molar-refractivity contribution < 1.29 is 24.3 Å². The fourth-order valence-electron chi connectivity index (χ4n) is 7.63. The van der Waals surface area contributed by atoms with E-state index in [1.807, 2.05) is 11.8 Å². The number of hydrogen-bond acceptors (Lipinski definition) is 10. The zero-order chi connectivity index (χ0) is 30.6. The highest BCUT2D eigenvalue weighted by molar-refractivity contribution is 8.03. The number of nitrogens with one attached hydrogen (secondary N) is 2. The molecule has 5 heterocycles. The van der Waals surface area contributed by atoms with Gasteiger partial charge in [-0.2, -0.15) is 0 Å². The van der Waals surface area contributed by atoms with Gasteiger partial charge in [-0.05, 0) is 48.4 Å². The Hall–Kier alpha value is -3.73. The number of nitrogens with two attached hydrogens (primary N) is 2. The Bertz CT molecular complexity index is 1350. The number of β-lactam (4-membered cyclic amide) rings is 1. The zero-order valence-corrected chi connectivity index (χ0v) is 24.8. The van der Waals surface area contributed by atoms with Crippen molar-refractivity contribution >= 4 is 41.4 Å². The van der Waals surface area contributed by atoms with Gasteiger partial charge in [0.2, 0.25) is 17.7 Å². The molecule has 3 amide bonds. The quantitative estimate of drug-likeness (QED) is 0.115. The van der Waals surface area contributed by atoms with E-state index >= 15 is 0 Å². The summed E-state index contributed by atoms with van der Waals surface area (Å²) in [5, 5.41) is 27.0. The maximum atomic E-state index is 13.4. The lowest BCUT2D eigenvalue weighted by atomic mass is 9.78. The molecule has 0 spiro atoms. The lowest BCUT2D eigenvalue weighted by Gasteiger charge is -2.47. The van der Waals surface area contributed by atoms with E-state index in [0.29, 0.717) is 42.8 Å². The molecule has 7 N–H and O–H groups in total. The van der Waals surface area contributed by atoms with Gasteiger partial charge < -0.3 is 37.0 Å². The molecule has 8 atom stereocenters. The SMILES string of the molecule is C[C@@H](NC(=O)Cn1cnnn1)[C@H]1C(=O)N2C(C(=O)O)=C(S[C@@H]3CN[C@H](C(=O)N4CC5CC(N=C(N)N)CC5C4)C3)[C@H](C)[C@H]12. The first-order valence-electron chi connectivity index (χ1n) is 14.6. The van der Waals surface area contributed by atoms with Gasteiger partial charge in [-0.25, -0.2) is 9.48 Å². The predicted molar refractivity (Wildman–Crippen MR) is 154 cm³/mol. The molecule has 0 aromatic carbocycles. The summed E-state index contributed by atoms with van der Waals surface area (Å²) < 4.78 is 1.28. The second kappa shape index (κ2) is 11.4. The molecule has 2 unspecified atom stereocenters. The van der Waals surface area contributed by atoms with Crippen LogP contribution in [0.1, 0.15) is 33.1 Å². The first-order chi connectivity index (χ1) is 20.5. The summed E-state index contributed by atoms with van der Waals surface area (Å²) in [4.78, 5) is 59.7. The standard InChI is InChI=1S/C26H37N11O5S/c1-11-20-19(12(2)31-18(38)9-36-10-30-33-34-36)24(40)37(20)21(25(41)42)22(11)43-16-5-17(29-6-16)23(39)35-7-13-3-15(32-26(27)28)4-14(13)8-35/h10-17,19-20,29H,3-9H2,1-2H3,(H,31,38)(H,41,42)(H4,27,28,32)/t11-,12-,13?,14?,15?,16+,17+,19-,20-/m1/s1. The van der Waals surface area contributed by atoms with Crippen LogP contribution in [0, 0.1) is 23.7 Å². The van der Waals surface area contributed by atoms with Crippen LogP contribution in [0.5, 0.6) is 0 Å². The molecule has 0 bridgehead atoms. The number of carbonyl (C=O) groups excluding carboxylic acids is 3. The fraction of sp³-hybridized carbons (Fsp3) is 0.692. The Labute approximate surface area is 252 Å². The minimum Gasteiger partial charge on any atom is -0.477 e. The molecule has 1 saturated carbocycles. The van der Waals surface area contributed by atoms with Crippen molar-refractivity contribution in [1.29, 1.82) is 0 Å². The normalized spacial score (nSPS) is 33.7. The first-order valence-corrected chi connectivity index (χ1v) is 15.5. The number of aliphatic imine (C=N–C) groups is 1. The molecule has 3 saturated heterocycles. The highest BCUT2D eigenvalue weighted by atomic mass is 32.2. The van der Waals surface area contributed by atoms with Gasteiger partial charge in [0.25, 0.3) is 0 Å². The maximum Gasteiger partial charge on any atom is 0.353 e. The number of carboxylic acid groups (broad SMARTS) is 1. The second-order valence-electron chi connectivity index (χ2n) is 12.3. The van der Waals surface area contributed by atoms with E-state index in [0.717, 1.165) is 12.8 Å². The van der Waals surface area contributed by atoms with Gasteiger partial charge in [-0.1, -0.05) is 6.92 Å². The van der Waals surface area contributed by atoms with Gasteiger partial charge in [-0.3, -0.25) is 19.4 Å². The molecule has 1 aromatic heterocycles. The van der Waals surface area contributed by atoms with Gasteiger partial charge in [0.05, 0.1) is 24.0 Å². The van der Waals surface area contributed by atoms with E-state index in [2.05, 4.69) is 31.2 Å². The van der Waals surface area contributed by atoms with Crippen molar-refractivity contribution in [2.24, 2.45) is 40.1 Å². The van der Waals surface area contributed by atoms with Crippen molar-refractivity contribution in [2.75, 3.05) is 19.6 Å². The molecule has 1 aliphatic carbocycles. The summed E-state index contributed by atoms with van der Waals surface area (Å²) in [5.41, 5.74) is 11.1. The molecule has 5 aliphatic rings. The molecule has 17 heteroatoms. The summed E-state index contributed by atoms with van der Waals surface area (Å²) in [6.07, 6.45) is 3.65. The number of tetrazole rings is 1. The van der Waals surface area contributed by atoms with E-state index in [1.165, 1.54) is 27.7 Å². The van der Waals surface area contributed by atoms with E-state index in [4.69, 9.17) is 11.5 Å². The van der Waals surface area contributed by atoms with Crippen LogP contribution in [0.15, 0.2) is 21.9 Å². The largest absolute Gasteiger partial charge is 0.477 e. The molecule has 1 aromatic rings. The lowest BCUT2D eigenvalue weighted by Crippen LogP contribution is -2.66. The van der Waals surface area contributed by atoms with E-state index in [1.54, 1.807) is 6.92 Å². The molecular weight excluding hydrogens is 578 g/mol. The van der Waals surface area contributed by atoms with Crippen molar-refractivity contribution in [3.63, 3.8) is 0 Å². The summed E-state index contributed by atoms with van der Waals surface area (Å²) in [6.45, 7) is 5.55. The molecule has 0 radical (unpaired) electrons. The lowest BCUT2D eigenvalue weighted by molar-refractivity contribution is -0.158. The van der Waals surface area contributed by atoms with Crippen LogP contribution in [0.25, 0.3) is 0 Å². The molecule has 232 valence electrons. The van der Waals surface area contributed by atoms with Gasteiger partial charge in [0.15, 0.2) is 5.96 Å². The fourth-order valence-corrected chi connectivity index (χ4v) is 9.11. The number of guanidine groups is 1. The van der Waals surface area contributed by atoms with Crippen LogP contribution in [0.2, 0.25) is 0 Å². The average Bonchev–Trinajstić information content (AvgIpc) is 3.74. The van der Waals surface area contributed by atoms with Gasteiger partial charge in [-0.15, -0.1) is 16.9 Å². The van der Waals surface area contributed by atoms with Gasteiger partial charge in [0, 0.05) is 41.7 Å². The Morgan fingerprint density at radius 1 is 1.23 bits per heavy atom. The minimum atomic E-state index is -1.15. The van der Waals surface area contributed by atoms with Crippen molar-refractivity contribution in [3.05, 3.63) is 16.9 Å². The highest BCUT2D eigenvalue weighted by Crippen LogP contribution is 2.52. The van der Waals surface area contributed by atoms with Crippen LogP contribution >= 0.6 is 11.8 Å². The average molecular weight is 616 g/mol. The smallest absolute Gasteiger partial charge is 0.353 e. The van der Waals surface area contributed by atoms with Crippen LogP contribution in [0.3, 0.4) is 0 Å². The third kappa shape index (κ3) is 5.43. The maximum absolute atomic E-state index is 13.4. The van der Waals surface area contributed by atoms with Crippen LogP contribution in [-0.2, 0) is 25.7 Å². The molecule has 4 aliphatic heterocycles. The number of rotatable bonds is 9. The van der Waals surface area contributed by atoms with Crippen molar-refractivity contribution in [1.82, 2.24) is 40.6 Å². The number of nitrogens with zero attached hydrogens (tertiary/aromatic N) is 7. The van der Waals surface area contributed by atoms with Crippen LogP contribution in [0.4, 0.5) is 0 Å². The van der Waals surface area contributed by atoms with E-state index in [9.17, 15) is 24.3 Å². The number of thioether (sulfide) groups is 1. The number of carboxylic acids is 1. The summed E-state index contributed by atoms with van der Waals surface area (Å²) in [6, 6.07) is -1.09. The van der Waals surface area contributed by atoms with E-state index < -0.39 is 17.9 Å². The van der Waals surface area contributed by atoms with E-state index in [-0.39, 0.29) is 65.2 Å². The highest BCUT2D eigenvalue weighted by Gasteiger charge is 2.60. The Morgan fingerprint density at radius 3 is 2.58 bits per heavy atom. The van der Waals surface area contributed by atoms with Gasteiger partial charge in [0.1, 0.15) is 18.6 Å². The molecule has 4 fully saturated rings. The van der Waals surface area contributed by atoms with Crippen molar-refractivity contribution in [3.8, 4) is 0 Å². The number of carbonyl (C=O) groups is 4. The monoisotopic (exact) mass is 615 g/mol. The number of hydrogen-bond donors (Lipinski definition) is 5. The number of aromatic nitrogens is 4. The predicted octanol–water partition coefficient (Wildman–Crippen LogP) is -2.08. The van der Waals surface area contributed by atoms with Crippen LogP contribution < -0.4 is 22.1 Å². The molecular formula is C26H37N11O5S. The summed E-state index contributed by atoms with van der Waals surface area (Å²) in [5.74, 6) is -1.63. The number of aliphatic carboxylic acids is 1. The third-order valence-corrected chi connectivity index (χ3v) is 11.0. The second-order valence-corrected chi connectivity index (χ2v) is 13.6. The number of amides is 3. The number of fused-ring (bicyclic) bond motifs is 2. The topological polar surface area (TPSA) is 227 Å². The Kier molecular flexibility index (Phi) is 7.78. The number of likely N-dealkylation sites (tertiary alicyclic amines) is 1. The zero-order valence-electron chi connectivity index (χ0n) is 24.0. The third-order valence-electron chi connectivity index (χ3n) is 9.47.